The van der Waals surface area contributed by atoms with E-state index in [-0.39, 0.29) is 0 Å². The maximum absolute atomic E-state index is 9.00. The molecule has 0 saturated heterocycles. The molecule has 0 bridgehead atoms. The van der Waals surface area contributed by atoms with E-state index in [1.807, 2.05) is 16.8 Å². The Balaban J connectivity index is 0.000000396. The number of aliphatic carboxylic acids is 1. The van der Waals surface area contributed by atoms with E-state index in [1.165, 1.54) is 5.56 Å². The van der Waals surface area contributed by atoms with Crippen LogP contribution in [-0.2, 0) is 11.2 Å². The lowest BCUT2D eigenvalue weighted by Crippen LogP contribution is -2.02. The second-order valence-electron chi connectivity index (χ2n) is 4.70. The van der Waals surface area contributed by atoms with E-state index in [0.717, 1.165) is 30.2 Å². The van der Waals surface area contributed by atoms with E-state index in [0.29, 0.717) is 6.54 Å². The van der Waals surface area contributed by atoms with Gasteiger partial charge in [-0.25, -0.2) is 4.98 Å². The third-order valence-electron chi connectivity index (χ3n) is 3.00. The zero-order valence-corrected chi connectivity index (χ0v) is 12.3. The van der Waals surface area contributed by atoms with E-state index in [9.17, 15) is 0 Å². The van der Waals surface area contributed by atoms with Gasteiger partial charge in [-0.05, 0) is 18.5 Å². The monoisotopic (exact) mass is 298 g/mol. The summed E-state index contributed by atoms with van der Waals surface area (Å²) in [6.45, 7) is 1.76. The molecule has 0 aliphatic heterocycles. The van der Waals surface area contributed by atoms with Crippen LogP contribution in [-0.4, -0.2) is 32.0 Å². The summed E-state index contributed by atoms with van der Waals surface area (Å²) in [4.78, 5) is 17.4. The van der Waals surface area contributed by atoms with Crippen molar-refractivity contribution in [2.45, 2.75) is 13.3 Å². The fourth-order valence-electron chi connectivity index (χ4n) is 2.06. The van der Waals surface area contributed by atoms with Gasteiger partial charge >= 0.3 is 0 Å². The molecule has 0 spiro atoms. The highest BCUT2D eigenvalue weighted by atomic mass is 16.4. The fraction of sp³-hybridized carbons (Fsp3) is 0.188. The summed E-state index contributed by atoms with van der Waals surface area (Å²) in [5.74, 6) is -0.833. The zero-order valence-electron chi connectivity index (χ0n) is 12.3. The van der Waals surface area contributed by atoms with Gasteiger partial charge in [0.1, 0.15) is 0 Å². The first kappa shape index (κ1) is 15.7. The van der Waals surface area contributed by atoms with Crippen LogP contribution >= 0.6 is 0 Å². The van der Waals surface area contributed by atoms with E-state index < -0.39 is 5.97 Å². The minimum absolute atomic E-state index is 0.681. The largest absolute Gasteiger partial charge is 0.481 e. The number of aromatic nitrogens is 3. The molecule has 0 atom stereocenters. The van der Waals surface area contributed by atoms with Crippen LogP contribution < -0.4 is 5.73 Å². The number of nitrogens with two attached hydrogens (primary N) is 1. The van der Waals surface area contributed by atoms with Crippen LogP contribution in [0.4, 0.5) is 0 Å². The van der Waals surface area contributed by atoms with E-state index in [2.05, 4.69) is 34.2 Å². The lowest BCUT2D eigenvalue weighted by atomic mass is 10.1. The Morgan fingerprint density at radius 2 is 1.95 bits per heavy atom. The zero-order chi connectivity index (χ0) is 15.9. The topological polar surface area (TPSA) is 93.5 Å². The summed E-state index contributed by atoms with van der Waals surface area (Å²) in [6, 6.07) is 8.44. The van der Waals surface area contributed by atoms with Gasteiger partial charge in [0.15, 0.2) is 5.65 Å². The Labute approximate surface area is 128 Å². The summed E-state index contributed by atoms with van der Waals surface area (Å²) >= 11 is 0. The smallest absolute Gasteiger partial charge is 0.300 e. The fourth-order valence-corrected chi connectivity index (χ4v) is 2.06. The average Bonchev–Trinajstić information content (AvgIpc) is 2.92. The number of fused-ring (bicyclic) bond motifs is 1. The van der Waals surface area contributed by atoms with E-state index >= 15 is 0 Å². The molecule has 0 amide bonds. The van der Waals surface area contributed by atoms with Crippen molar-refractivity contribution < 1.29 is 9.90 Å². The number of imidazole rings is 1. The highest BCUT2D eigenvalue weighted by Crippen LogP contribution is 2.20. The van der Waals surface area contributed by atoms with Crippen LogP contribution in [0.15, 0.2) is 49.1 Å². The molecule has 1 aromatic carbocycles. The quantitative estimate of drug-likeness (QED) is 0.771. The van der Waals surface area contributed by atoms with Gasteiger partial charge in [0.25, 0.3) is 5.97 Å². The molecular formula is C16H18N4O2. The highest BCUT2D eigenvalue weighted by molar-refractivity contribution is 5.63. The predicted octanol–water partition coefficient (Wildman–Crippen LogP) is 1.99. The Bertz CT molecular complexity index is 746. The van der Waals surface area contributed by atoms with Crippen molar-refractivity contribution in [3.05, 3.63) is 54.6 Å². The lowest BCUT2D eigenvalue weighted by Gasteiger charge is -2.03. The minimum Gasteiger partial charge on any atom is -0.481 e. The lowest BCUT2D eigenvalue weighted by molar-refractivity contribution is -0.134. The molecule has 0 saturated carbocycles. The summed E-state index contributed by atoms with van der Waals surface area (Å²) in [5.41, 5.74) is 9.89. The normalized spacial score (nSPS) is 10.1. The van der Waals surface area contributed by atoms with Gasteiger partial charge in [0.05, 0.1) is 18.1 Å². The van der Waals surface area contributed by atoms with Gasteiger partial charge in [-0.15, -0.1) is 0 Å². The number of nitrogens with zero attached hydrogens (tertiary/aromatic N) is 3. The average molecular weight is 298 g/mol. The second kappa shape index (κ2) is 7.33. The van der Waals surface area contributed by atoms with Crippen LogP contribution in [0.2, 0.25) is 0 Å². The van der Waals surface area contributed by atoms with Crippen LogP contribution in [0.25, 0.3) is 16.9 Å². The van der Waals surface area contributed by atoms with Crippen molar-refractivity contribution >= 4 is 11.6 Å². The molecule has 2 aromatic heterocycles. The van der Waals surface area contributed by atoms with Crippen LogP contribution in [0, 0.1) is 0 Å². The molecule has 0 aliphatic carbocycles. The number of hydrogen-bond acceptors (Lipinski definition) is 4. The highest BCUT2D eigenvalue weighted by Gasteiger charge is 2.05. The molecule has 6 nitrogen and oxygen atoms in total. The number of rotatable bonds is 3. The Morgan fingerprint density at radius 1 is 1.27 bits per heavy atom. The summed E-state index contributed by atoms with van der Waals surface area (Å²) in [6.07, 6.45) is 8.23. The first-order valence-corrected chi connectivity index (χ1v) is 6.88. The van der Waals surface area contributed by atoms with Crippen molar-refractivity contribution in [1.82, 2.24) is 14.4 Å². The Kier molecular flexibility index (Phi) is 5.21. The molecule has 0 fully saturated rings. The Morgan fingerprint density at radius 3 is 2.59 bits per heavy atom. The maximum Gasteiger partial charge on any atom is 0.300 e. The van der Waals surface area contributed by atoms with Crippen molar-refractivity contribution in [3.8, 4) is 11.3 Å². The molecule has 0 radical (unpaired) electrons. The first-order valence-electron chi connectivity index (χ1n) is 6.88. The first-order chi connectivity index (χ1) is 10.6. The summed E-state index contributed by atoms with van der Waals surface area (Å²) < 4.78 is 2.03. The standard InChI is InChI=1S/C14H14N4.C2H4O2/c15-6-5-11-1-3-12(4-2-11)13-9-17-14-10-16-7-8-18(13)14;1-2(3)4/h1-4,7-10H,5-6,15H2;1H3,(H,3,4). The number of carboxylic acids is 1. The van der Waals surface area contributed by atoms with Crippen LogP contribution in [0.3, 0.4) is 0 Å². The van der Waals surface area contributed by atoms with E-state index in [4.69, 9.17) is 15.6 Å². The molecule has 114 valence electrons. The number of carboxylic acid groups (broad SMARTS) is 1. The molecule has 0 unspecified atom stereocenters. The van der Waals surface area contributed by atoms with Gasteiger partial charge in [0, 0.05) is 24.9 Å². The number of benzene rings is 1. The number of hydrogen-bond donors (Lipinski definition) is 2. The maximum atomic E-state index is 9.00. The van der Waals surface area contributed by atoms with Crippen molar-refractivity contribution in [1.29, 1.82) is 0 Å². The minimum atomic E-state index is -0.833. The van der Waals surface area contributed by atoms with Crippen molar-refractivity contribution in [2.24, 2.45) is 5.73 Å². The van der Waals surface area contributed by atoms with Gasteiger partial charge in [-0.3, -0.25) is 14.2 Å². The third kappa shape index (κ3) is 3.89. The van der Waals surface area contributed by atoms with Gasteiger partial charge < -0.3 is 10.8 Å². The third-order valence-corrected chi connectivity index (χ3v) is 3.00. The SMILES string of the molecule is CC(=O)O.NCCc1ccc(-c2cnc3cnccn23)cc1. The Hall–Kier alpha value is -2.73. The predicted molar refractivity (Wildman–Crippen MR) is 84.5 cm³/mol. The molecular weight excluding hydrogens is 280 g/mol. The van der Waals surface area contributed by atoms with E-state index in [1.54, 1.807) is 12.4 Å². The summed E-state index contributed by atoms with van der Waals surface area (Å²) in [7, 11) is 0. The van der Waals surface area contributed by atoms with Crippen molar-refractivity contribution in [3.63, 3.8) is 0 Å². The van der Waals surface area contributed by atoms with Gasteiger partial charge in [0.2, 0.25) is 0 Å². The molecule has 0 aliphatic rings. The number of carbonyl (C=O) groups is 1. The molecule has 2 heterocycles. The van der Waals surface area contributed by atoms with Crippen LogP contribution in [0.5, 0.6) is 0 Å². The van der Waals surface area contributed by atoms with Gasteiger partial charge in [-0.1, -0.05) is 24.3 Å². The van der Waals surface area contributed by atoms with Crippen LogP contribution in [0.1, 0.15) is 12.5 Å². The molecule has 3 rings (SSSR count). The van der Waals surface area contributed by atoms with Crippen molar-refractivity contribution in [2.75, 3.05) is 6.54 Å². The molecule has 3 N–H and O–H groups in total. The molecule has 6 heteroatoms. The second-order valence-corrected chi connectivity index (χ2v) is 4.70. The molecule has 3 aromatic rings. The van der Waals surface area contributed by atoms with Gasteiger partial charge in [-0.2, -0.15) is 0 Å². The summed E-state index contributed by atoms with van der Waals surface area (Å²) in [5, 5.41) is 7.42. The molecule has 22 heavy (non-hydrogen) atoms.